The van der Waals surface area contributed by atoms with Gasteiger partial charge in [0.2, 0.25) is 5.91 Å². The Kier molecular flexibility index (Phi) is 38.0. The monoisotopic (exact) mass is 880 g/mol. The van der Waals surface area contributed by atoms with E-state index in [9.17, 15) is 40.5 Å². The number of unbranched alkanes of at least 4 members (excludes halogenated alkanes) is 21. The third-order valence-electron chi connectivity index (χ3n) is 11.8. The second-order valence-corrected chi connectivity index (χ2v) is 17.5. The molecule has 0 aromatic heterocycles. The van der Waals surface area contributed by atoms with Crippen molar-refractivity contribution in [2.45, 2.75) is 255 Å². The molecule has 11 nitrogen and oxygen atoms in total. The smallest absolute Gasteiger partial charge is 0.249 e. The lowest BCUT2D eigenvalue weighted by Gasteiger charge is -2.40. The van der Waals surface area contributed by atoms with Gasteiger partial charge in [-0.05, 0) is 83.5 Å². The summed E-state index contributed by atoms with van der Waals surface area (Å²) in [7, 11) is 0. The Morgan fingerprint density at radius 3 is 1.48 bits per heavy atom. The van der Waals surface area contributed by atoms with Crippen LogP contribution in [0.2, 0.25) is 0 Å². The van der Waals surface area contributed by atoms with Gasteiger partial charge in [-0.2, -0.15) is 0 Å². The predicted octanol–water partition coefficient (Wildman–Crippen LogP) is 8.95. The van der Waals surface area contributed by atoms with Crippen LogP contribution in [0.3, 0.4) is 0 Å². The second kappa shape index (κ2) is 40.6. The van der Waals surface area contributed by atoms with Gasteiger partial charge in [0.1, 0.15) is 36.6 Å². The first kappa shape index (κ1) is 58.1. The van der Waals surface area contributed by atoms with E-state index >= 15 is 0 Å². The van der Waals surface area contributed by atoms with Gasteiger partial charge in [0, 0.05) is 0 Å². The van der Waals surface area contributed by atoms with Gasteiger partial charge >= 0.3 is 0 Å². The summed E-state index contributed by atoms with van der Waals surface area (Å²) >= 11 is 0. The van der Waals surface area contributed by atoms with E-state index in [2.05, 4.69) is 67.8 Å². The summed E-state index contributed by atoms with van der Waals surface area (Å²) in [5.41, 5.74) is 0. The minimum absolute atomic E-state index is 0.226. The average molecular weight is 880 g/mol. The molecule has 0 aromatic carbocycles. The molecule has 1 fully saturated rings. The maximum Gasteiger partial charge on any atom is 0.249 e. The van der Waals surface area contributed by atoms with Crippen LogP contribution in [0.1, 0.15) is 200 Å². The fourth-order valence-corrected chi connectivity index (χ4v) is 7.63. The van der Waals surface area contributed by atoms with Crippen LogP contribution >= 0.6 is 0 Å². The molecule has 362 valence electrons. The number of nitrogens with one attached hydrogen (secondary N) is 1. The minimum atomic E-state index is -1.67. The number of amides is 1. The van der Waals surface area contributed by atoms with Gasteiger partial charge in [0.25, 0.3) is 0 Å². The highest BCUT2D eigenvalue weighted by atomic mass is 16.7. The van der Waals surface area contributed by atoms with Crippen molar-refractivity contribution in [3.63, 3.8) is 0 Å². The molecule has 0 aliphatic carbocycles. The van der Waals surface area contributed by atoms with Crippen LogP contribution in [0.5, 0.6) is 0 Å². The number of hydrogen-bond donors (Lipinski definition) is 8. The van der Waals surface area contributed by atoms with Crippen LogP contribution < -0.4 is 5.32 Å². The van der Waals surface area contributed by atoms with E-state index in [0.717, 1.165) is 57.8 Å². The summed E-state index contributed by atoms with van der Waals surface area (Å²) in [5.74, 6) is -0.730. The summed E-state index contributed by atoms with van der Waals surface area (Å²) in [6.45, 7) is 3.34. The summed E-state index contributed by atoms with van der Waals surface area (Å²) in [6, 6.07) is -1.20. The van der Waals surface area contributed by atoms with E-state index in [1.165, 1.54) is 96.3 Å². The highest BCUT2D eigenvalue weighted by molar-refractivity contribution is 5.80. The number of aliphatic hydroxyl groups is 7. The fraction of sp³-hybridized carbons (Fsp3) is 0.824. The molecule has 1 aliphatic rings. The number of ether oxygens (including phenoxy) is 2. The largest absolute Gasteiger partial charge is 0.394 e. The lowest BCUT2D eigenvalue weighted by molar-refractivity contribution is -0.303. The molecule has 9 unspecified atom stereocenters. The molecule has 1 saturated heterocycles. The van der Waals surface area contributed by atoms with Gasteiger partial charge in [-0.25, -0.2) is 0 Å². The highest BCUT2D eigenvalue weighted by Gasteiger charge is 2.44. The SMILES string of the molecule is CCCC/C=C\CCCCCC(O)C(=O)NC(COC1OC(CO)C(O)C(O)C1O)C(O)C(O)CCC/C=C/CC/C=C/CC/C=C/CCCCCCCCCCCCCCC. The van der Waals surface area contributed by atoms with Crippen molar-refractivity contribution in [3.05, 3.63) is 48.6 Å². The molecule has 9 atom stereocenters. The Morgan fingerprint density at radius 2 is 0.984 bits per heavy atom. The Morgan fingerprint density at radius 1 is 0.548 bits per heavy atom. The third-order valence-corrected chi connectivity index (χ3v) is 11.8. The van der Waals surface area contributed by atoms with E-state index in [1.54, 1.807) is 0 Å². The molecule has 8 N–H and O–H groups in total. The van der Waals surface area contributed by atoms with Crippen LogP contribution in [0.25, 0.3) is 0 Å². The van der Waals surface area contributed by atoms with E-state index in [4.69, 9.17) is 9.47 Å². The Balaban J connectivity index is 2.37. The predicted molar refractivity (Wildman–Crippen MR) is 251 cm³/mol. The van der Waals surface area contributed by atoms with Crippen molar-refractivity contribution in [3.8, 4) is 0 Å². The first-order valence-corrected chi connectivity index (χ1v) is 25.0. The van der Waals surface area contributed by atoms with Crippen LogP contribution in [0.15, 0.2) is 48.6 Å². The van der Waals surface area contributed by atoms with Crippen LogP contribution in [-0.2, 0) is 14.3 Å². The van der Waals surface area contributed by atoms with Crippen LogP contribution in [-0.4, -0.2) is 110 Å². The maximum absolute atomic E-state index is 13.0. The number of aliphatic hydroxyl groups excluding tert-OH is 7. The average Bonchev–Trinajstić information content (AvgIpc) is 3.27. The molecule has 1 aliphatic heterocycles. The number of carbonyl (C=O) groups is 1. The molecular weight excluding hydrogens is 787 g/mol. The zero-order valence-electron chi connectivity index (χ0n) is 39.1. The number of allylic oxidation sites excluding steroid dienone is 8. The van der Waals surface area contributed by atoms with Gasteiger partial charge in [0.15, 0.2) is 6.29 Å². The van der Waals surface area contributed by atoms with Crippen LogP contribution in [0.4, 0.5) is 0 Å². The zero-order valence-corrected chi connectivity index (χ0v) is 39.1. The summed E-state index contributed by atoms with van der Waals surface area (Å²) in [4.78, 5) is 13.0. The molecule has 0 radical (unpaired) electrons. The molecule has 0 bridgehead atoms. The number of carbonyl (C=O) groups excluding carboxylic acids is 1. The van der Waals surface area contributed by atoms with Gasteiger partial charge < -0.3 is 50.5 Å². The van der Waals surface area contributed by atoms with E-state index in [-0.39, 0.29) is 12.8 Å². The summed E-state index contributed by atoms with van der Waals surface area (Å²) < 4.78 is 11.0. The molecule has 62 heavy (non-hydrogen) atoms. The molecule has 1 amide bonds. The molecule has 0 aromatic rings. The summed E-state index contributed by atoms with van der Waals surface area (Å²) in [5, 5.41) is 75.5. The van der Waals surface area contributed by atoms with Crippen molar-refractivity contribution in [1.29, 1.82) is 0 Å². The molecule has 0 saturated carbocycles. The maximum atomic E-state index is 13.0. The summed E-state index contributed by atoms with van der Waals surface area (Å²) in [6.07, 6.45) is 37.7. The molecule has 1 rings (SSSR count). The Labute approximate surface area is 377 Å². The molecule has 1 heterocycles. The van der Waals surface area contributed by atoms with Crippen molar-refractivity contribution in [2.24, 2.45) is 0 Å². The Bertz CT molecular complexity index is 1150. The van der Waals surface area contributed by atoms with Gasteiger partial charge in [0.05, 0.1) is 25.4 Å². The van der Waals surface area contributed by atoms with Crippen molar-refractivity contribution in [1.82, 2.24) is 5.32 Å². The normalized spacial score (nSPS) is 21.7. The van der Waals surface area contributed by atoms with Crippen LogP contribution in [0, 0.1) is 0 Å². The third kappa shape index (κ3) is 29.5. The van der Waals surface area contributed by atoms with Crippen molar-refractivity contribution in [2.75, 3.05) is 13.2 Å². The topological polar surface area (TPSA) is 189 Å². The van der Waals surface area contributed by atoms with Crippen molar-refractivity contribution >= 4 is 5.91 Å². The lowest BCUT2D eigenvalue weighted by Crippen LogP contribution is -2.60. The van der Waals surface area contributed by atoms with Gasteiger partial charge in [-0.1, -0.05) is 165 Å². The van der Waals surface area contributed by atoms with Gasteiger partial charge in [-0.15, -0.1) is 0 Å². The minimum Gasteiger partial charge on any atom is -0.394 e. The zero-order chi connectivity index (χ0) is 45.5. The first-order chi connectivity index (χ1) is 30.2. The van der Waals surface area contributed by atoms with E-state index < -0.39 is 74.2 Å². The lowest BCUT2D eigenvalue weighted by atomic mass is 9.98. The number of rotatable bonds is 41. The Hall–Kier alpha value is -1.93. The second-order valence-electron chi connectivity index (χ2n) is 17.5. The molecular formula is C51H93NO10. The highest BCUT2D eigenvalue weighted by Crippen LogP contribution is 2.23. The number of hydrogen-bond acceptors (Lipinski definition) is 10. The quantitative estimate of drug-likeness (QED) is 0.0218. The fourth-order valence-electron chi connectivity index (χ4n) is 7.63. The van der Waals surface area contributed by atoms with E-state index in [0.29, 0.717) is 19.3 Å². The molecule has 11 heteroatoms. The van der Waals surface area contributed by atoms with Crippen molar-refractivity contribution < 1.29 is 50.0 Å². The standard InChI is InChI=1S/C51H93NO10/c1-3-5-7-9-11-13-14-15-16-17-18-19-20-21-22-23-24-25-26-27-28-29-31-32-34-36-38-43(54)46(56)42(41-61-51-49(59)48(58)47(57)45(40-53)62-51)52-50(60)44(55)39-37-35-33-30-12-10-8-6-4-2/h10,12,22-23,26-27,31-32,42-49,51,53-59H,3-9,11,13-21,24-25,28-30,33-41H2,1-2H3,(H,52,60)/b12-10-,23-22+,27-26+,32-31+. The molecule has 0 spiro atoms. The first-order valence-electron chi connectivity index (χ1n) is 25.0. The van der Waals surface area contributed by atoms with E-state index in [1.807, 2.05) is 0 Å². The van der Waals surface area contributed by atoms with Gasteiger partial charge in [-0.3, -0.25) is 4.79 Å².